The fraction of sp³-hybridized carbons (Fsp3) is 0.188. The van der Waals surface area contributed by atoms with Crippen molar-refractivity contribution in [3.63, 3.8) is 0 Å². The molecule has 1 aliphatic heterocycles. The largest absolute Gasteiger partial charge is 0.496 e. The molecule has 1 aliphatic rings. The smallest absolute Gasteiger partial charge is 0.309 e. The van der Waals surface area contributed by atoms with Gasteiger partial charge in [0.25, 0.3) is 5.91 Å². The third-order valence-corrected chi connectivity index (χ3v) is 7.32. The minimum atomic E-state index is -0.857. The summed E-state index contributed by atoms with van der Waals surface area (Å²) < 4.78 is 21.0. The van der Waals surface area contributed by atoms with Crippen LogP contribution in [-0.2, 0) is 11.3 Å². The normalized spacial score (nSPS) is 13.2. The van der Waals surface area contributed by atoms with Crippen LogP contribution in [0.3, 0.4) is 0 Å². The molecule has 0 aliphatic carbocycles. The number of benzene rings is 3. The highest BCUT2D eigenvalue weighted by molar-refractivity contribution is 6.04. The van der Waals surface area contributed by atoms with Gasteiger partial charge in [-0.05, 0) is 53.9 Å². The van der Waals surface area contributed by atoms with Gasteiger partial charge in [0.15, 0.2) is 0 Å². The Bertz CT molecular complexity index is 1680. The van der Waals surface area contributed by atoms with Crippen molar-refractivity contribution < 1.29 is 23.8 Å². The van der Waals surface area contributed by atoms with Crippen LogP contribution in [0.2, 0.25) is 0 Å². The number of amides is 1. The van der Waals surface area contributed by atoms with Crippen LogP contribution >= 0.6 is 0 Å². The monoisotopic (exact) mass is 550 g/mol. The predicted octanol–water partition coefficient (Wildman–Crippen LogP) is 5.51. The lowest BCUT2D eigenvalue weighted by Gasteiger charge is -2.36. The van der Waals surface area contributed by atoms with Crippen LogP contribution in [0.15, 0.2) is 72.9 Å². The Kier molecular flexibility index (Phi) is 7.77. The number of rotatable bonds is 8. The molecule has 1 aromatic heterocycles. The van der Waals surface area contributed by atoms with Crippen LogP contribution in [0.5, 0.6) is 5.75 Å². The summed E-state index contributed by atoms with van der Waals surface area (Å²) >= 11 is 0. The maximum absolute atomic E-state index is 15.4. The molecule has 0 atom stereocenters. The van der Waals surface area contributed by atoms with Crippen LogP contribution in [0.4, 0.5) is 10.1 Å². The average molecular weight is 551 g/mol. The fourth-order valence-corrected chi connectivity index (χ4v) is 5.07. The quantitative estimate of drug-likeness (QED) is 0.297. The molecule has 9 heteroatoms. The van der Waals surface area contributed by atoms with E-state index in [0.717, 1.165) is 11.1 Å². The molecule has 0 radical (unpaired) electrons. The van der Waals surface area contributed by atoms with E-state index in [1.165, 1.54) is 13.2 Å². The highest BCUT2D eigenvalue weighted by Gasteiger charge is 2.33. The van der Waals surface area contributed by atoms with Gasteiger partial charge in [-0.2, -0.15) is 5.26 Å². The topological polar surface area (TPSA) is 116 Å². The van der Waals surface area contributed by atoms with Gasteiger partial charge in [-0.3, -0.25) is 19.5 Å². The Labute approximate surface area is 236 Å². The molecule has 0 spiro atoms. The van der Waals surface area contributed by atoms with E-state index in [0.29, 0.717) is 52.3 Å². The lowest BCUT2D eigenvalue weighted by Crippen LogP contribution is -2.49. The number of aliphatic carboxylic acids is 1. The number of ether oxygens (including phenoxy) is 1. The highest BCUT2D eigenvalue weighted by atomic mass is 19.1. The summed E-state index contributed by atoms with van der Waals surface area (Å²) in [7, 11) is 1.45. The van der Waals surface area contributed by atoms with Gasteiger partial charge in [0, 0.05) is 48.2 Å². The SMILES string of the molecule is COc1cc(-c2cccc(-c3cccc(NC(=O)c4ccccn4)c3C)c2C#N)cc(F)c1CN1CC(C(=O)O)C1. The summed E-state index contributed by atoms with van der Waals surface area (Å²) in [4.78, 5) is 29.8. The summed E-state index contributed by atoms with van der Waals surface area (Å²) in [6.45, 7) is 2.78. The van der Waals surface area contributed by atoms with Crippen LogP contribution in [0.25, 0.3) is 22.3 Å². The molecular formula is C32H27FN4O4. The van der Waals surface area contributed by atoms with Crippen LogP contribution in [-0.4, -0.2) is 47.1 Å². The number of anilines is 1. The van der Waals surface area contributed by atoms with Crippen molar-refractivity contribution in [2.75, 3.05) is 25.5 Å². The van der Waals surface area contributed by atoms with Gasteiger partial charge in [0.05, 0.1) is 18.6 Å². The number of carbonyl (C=O) groups excluding carboxylic acids is 1. The number of nitrogens with one attached hydrogen (secondary N) is 1. The molecule has 3 aromatic carbocycles. The zero-order valence-corrected chi connectivity index (χ0v) is 22.5. The Morgan fingerprint density at radius 3 is 2.51 bits per heavy atom. The third-order valence-electron chi connectivity index (χ3n) is 7.32. The number of hydrogen-bond donors (Lipinski definition) is 2. The molecule has 0 bridgehead atoms. The van der Waals surface area contributed by atoms with Crippen molar-refractivity contribution in [2.24, 2.45) is 5.92 Å². The third kappa shape index (κ3) is 5.51. The predicted molar refractivity (Wildman–Crippen MR) is 152 cm³/mol. The minimum Gasteiger partial charge on any atom is -0.496 e. The second-order valence-electron chi connectivity index (χ2n) is 9.86. The van der Waals surface area contributed by atoms with Crippen molar-refractivity contribution in [3.8, 4) is 34.1 Å². The fourth-order valence-electron chi connectivity index (χ4n) is 5.07. The maximum Gasteiger partial charge on any atom is 0.309 e. The first kappa shape index (κ1) is 27.5. The first-order valence-electron chi connectivity index (χ1n) is 13.0. The number of nitriles is 1. The number of nitrogens with zero attached hydrogens (tertiary/aromatic N) is 3. The zero-order chi connectivity index (χ0) is 29.1. The van der Waals surface area contributed by atoms with E-state index in [2.05, 4.69) is 16.4 Å². The van der Waals surface area contributed by atoms with Gasteiger partial charge in [0.2, 0.25) is 0 Å². The van der Waals surface area contributed by atoms with Crippen molar-refractivity contribution in [1.82, 2.24) is 9.88 Å². The number of carboxylic acids is 1. The first-order chi connectivity index (χ1) is 19.8. The summed E-state index contributed by atoms with van der Waals surface area (Å²) in [5.74, 6) is -1.83. The van der Waals surface area contributed by atoms with Crippen molar-refractivity contribution in [1.29, 1.82) is 5.26 Å². The Morgan fingerprint density at radius 2 is 1.83 bits per heavy atom. The molecule has 2 N–H and O–H groups in total. The van der Waals surface area contributed by atoms with Gasteiger partial charge in [-0.15, -0.1) is 0 Å². The Morgan fingerprint density at radius 1 is 1.10 bits per heavy atom. The average Bonchev–Trinajstić information content (AvgIpc) is 2.95. The number of hydrogen-bond acceptors (Lipinski definition) is 6. The van der Waals surface area contributed by atoms with Gasteiger partial charge < -0.3 is 15.2 Å². The maximum atomic E-state index is 15.4. The molecule has 0 unspecified atom stereocenters. The van der Waals surface area contributed by atoms with Crippen molar-refractivity contribution >= 4 is 17.6 Å². The van der Waals surface area contributed by atoms with E-state index in [9.17, 15) is 14.9 Å². The molecule has 1 saturated heterocycles. The van der Waals surface area contributed by atoms with Crippen molar-refractivity contribution in [3.05, 3.63) is 101 Å². The van der Waals surface area contributed by atoms with E-state index in [1.54, 1.807) is 54.7 Å². The molecule has 206 valence electrons. The van der Waals surface area contributed by atoms with E-state index in [-0.39, 0.29) is 18.1 Å². The molecule has 8 nitrogen and oxygen atoms in total. The molecule has 0 saturated carbocycles. The molecular weight excluding hydrogens is 523 g/mol. The second kappa shape index (κ2) is 11.6. The summed E-state index contributed by atoms with van der Waals surface area (Å²) in [5.41, 5.74) is 4.72. The summed E-state index contributed by atoms with van der Waals surface area (Å²) in [6, 6.07) is 21.3. The van der Waals surface area contributed by atoms with Gasteiger partial charge in [-0.25, -0.2) is 4.39 Å². The number of halogens is 1. The molecule has 5 rings (SSSR count). The number of carbonyl (C=O) groups is 2. The highest BCUT2D eigenvalue weighted by Crippen LogP contribution is 2.38. The Balaban J connectivity index is 1.48. The zero-order valence-electron chi connectivity index (χ0n) is 22.5. The van der Waals surface area contributed by atoms with Gasteiger partial charge in [0.1, 0.15) is 23.3 Å². The first-order valence-corrected chi connectivity index (χ1v) is 13.0. The van der Waals surface area contributed by atoms with Crippen LogP contribution < -0.4 is 10.1 Å². The number of pyridine rings is 1. The van der Waals surface area contributed by atoms with E-state index >= 15 is 4.39 Å². The summed E-state index contributed by atoms with van der Waals surface area (Å²) in [6.07, 6.45) is 1.55. The van der Waals surface area contributed by atoms with E-state index in [4.69, 9.17) is 9.84 Å². The van der Waals surface area contributed by atoms with Gasteiger partial charge >= 0.3 is 5.97 Å². The second-order valence-corrected chi connectivity index (χ2v) is 9.86. The van der Waals surface area contributed by atoms with Gasteiger partial charge in [-0.1, -0.05) is 36.4 Å². The molecule has 1 fully saturated rings. The molecule has 41 heavy (non-hydrogen) atoms. The summed E-state index contributed by atoms with van der Waals surface area (Å²) in [5, 5.41) is 22.3. The minimum absolute atomic E-state index is 0.223. The Hall–Kier alpha value is -5.07. The van der Waals surface area contributed by atoms with Crippen molar-refractivity contribution in [2.45, 2.75) is 13.5 Å². The molecule has 1 amide bonds. The molecule has 4 aromatic rings. The standard InChI is InChI=1S/C32H27FN4O4/c1-19-22(7-6-11-28(19)36-31(38)29-10-3-4-12-35-29)24-9-5-8-23(25(24)15-34)20-13-27(33)26(30(14-20)41-2)18-37-16-21(17-37)32(39)40/h3-14,21H,16-18H2,1-2H3,(H,36,38)(H,39,40). The lowest BCUT2D eigenvalue weighted by atomic mass is 9.89. The number of carboxylic acid groups (broad SMARTS) is 1. The number of likely N-dealkylation sites (tertiary alicyclic amines) is 1. The van der Waals surface area contributed by atoms with E-state index < -0.39 is 17.7 Å². The molecule has 2 heterocycles. The van der Waals surface area contributed by atoms with Crippen LogP contribution in [0, 0.1) is 30.0 Å². The van der Waals surface area contributed by atoms with E-state index in [1.807, 2.05) is 24.0 Å². The number of methoxy groups -OCH3 is 1. The lowest BCUT2D eigenvalue weighted by molar-refractivity contribution is -0.147. The number of aromatic nitrogens is 1. The van der Waals surface area contributed by atoms with Crippen LogP contribution in [0.1, 0.15) is 27.2 Å².